The minimum Gasteiger partial charge on any atom is -0.493 e. The first-order valence-corrected chi connectivity index (χ1v) is 10.5. The van der Waals surface area contributed by atoms with Crippen LogP contribution in [0.2, 0.25) is 0 Å². The van der Waals surface area contributed by atoms with Crippen molar-refractivity contribution in [1.29, 1.82) is 0 Å². The third-order valence-corrected chi connectivity index (χ3v) is 5.63. The van der Waals surface area contributed by atoms with Gasteiger partial charge < -0.3 is 18.6 Å². The van der Waals surface area contributed by atoms with Gasteiger partial charge in [-0.15, -0.1) is 0 Å². The summed E-state index contributed by atoms with van der Waals surface area (Å²) in [5, 5.41) is 0.413. The van der Waals surface area contributed by atoms with E-state index >= 15 is 0 Å². The molecule has 0 unspecified atom stereocenters. The molecule has 0 fully saturated rings. The molecule has 168 valence electrons. The first-order valence-electron chi connectivity index (χ1n) is 10.5. The van der Waals surface area contributed by atoms with E-state index in [4.69, 9.17) is 18.6 Å². The second-order valence-electron chi connectivity index (χ2n) is 7.88. The van der Waals surface area contributed by atoms with E-state index < -0.39 is 0 Å². The highest BCUT2D eigenvalue weighted by molar-refractivity contribution is 5.83. The van der Waals surface area contributed by atoms with Crippen molar-refractivity contribution in [2.75, 3.05) is 13.8 Å². The summed E-state index contributed by atoms with van der Waals surface area (Å²) >= 11 is 0. The number of hydrogen-bond acceptors (Lipinski definition) is 6. The van der Waals surface area contributed by atoms with Crippen molar-refractivity contribution in [2.45, 2.75) is 20.0 Å². The molecular formula is C26H22FNO5. The first kappa shape index (κ1) is 21.0. The van der Waals surface area contributed by atoms with Crippen molar-refractivity contribution in [1.82, 2.24) is 4.90 Å². The molecular weight excluding hydrogens is 425 g/mol. The van der Waals surface area contributed by atoms with Gasteiger partial charge in [-0.05, 0) is 48.9 Å². The molecule has 6 nitrogen and oxygen atoms in total. The smallest absolute Gasteiger partial charge is 0.235 e. The average Bonchev–Trinajstić information content (AvgIpc) is 2.83. The van der Waals surface area contributed by atoms with E-state index in [0.717, 1.165) is 11.1 Å². The fraction of sp³-hybridized carbons (Fsp3) is 0.192. The zero-order valence-corrected chi connectivity index (χ0v) is 18.3. The summed E-state index contributed by atoms with van der Waals surface area (Å²) in [6.07, 6.45) is 0. The summed E-state index contributed by atoms with van der Waals surface area (Å²) in [7, 11) is 1.54. The lowest BCUT2D eigenvalue weighted by atomic mass is 10.1. The predicted octanol–water partition coefficient (Wildman–Crippen LogP) is 5.39. The molecule has 0 aliphatic carbocycles. The number of aryl methyl sites for hydroxylation is 1. The van der Waals surface area contributed by atoms with Gasteiger partial charge in [-0.3, -0.25) is 9.69 Å². The number of fused-ring (bicyclic) bond motifs is 3. The van der Waals surface area contributed by atoms with Gasteiger partial charge in [-0.25, -0.2) is 4.39 Å². The Morgan fingerprint density at radius 1 is 1.03 bits per heavy atom. The van der Waals surface area contributed by atoms with Crippen molar-refractivity contribution in [3.05, 3.63) is 93.6 Å². The van der Waals surface area contributed by atoms with Gasteiger partial charge in [0, 0.05) is 13.1 Å². The van der Waals surface area contributed by atoms with Crippen LogP contribution in [0.1, 0.15) is 16.9 Å². The standard InChI is InChI=1S/C26H22FNO5/c1-16-25(33-23-6-4-3-5-22(23)30-2)24(29)19-11-12-21-20(26(19)32-16)14-28(15-31-21)13-17-7-9-18(27)10-8-17/h3-12H,13-15H2,1-2H3. The second-order valence-corrected chi connectivity index (χ2v) is 7.88. The molecule has 33 heavy (non-hydrogen) atoms. The quantitative estimate of drug-likeness (QED) is 0.409. The van der Waals surface area contributed by atoms with E-state index in [9.17, 15) is 9.18 Å². The Morgan fingerprint density at radius 2 is 1.79 bits per heavy atom. The molecule has 3 aromatic carbocycles. The molecule has 0 saturated carbocycles. The van der Waals surface area contributed by atoms with Crippen molar-refractivity contribution >= 4 is 11.0 Å². The van der Waals surface area contributed by atoms with Gasteiger partial charge >= 0.3 is 0 Å². The van der Waals surface area contributed by atoms with Crippen LogP contribution < -0.4 is 19.6 Å². The van der Waals surface area contributed by atoms with Crippen molar-refractivity contribution < 1.29 is 23.0 Å². The number of hydrogen-bond donors (Lipinski definition) is 0. The molecule has 0 spiro atoms. The minimum atomic E-state index is -0.270. The van der Waals surface area contributed by atoms with E-state index in [-0.39, 0.29) is 17.0 Å². The lowest BCUT2D eigenvalue weighted by Gasteiger charge is -2.29. The normalized spacial score (nSPS) is 13.4. The average molecular weight is 447 g/mol. The Morgan fingerprint density at radius 3 is 2.55 bits per heavy atom. The Hall–Kier alpha value is -3.84. The molecule has 0 N–H and O–H groups in total. The summed E-state index contributed by atoms with van der Waals surface area (Å²) in [4.78, 5) is 15.4. The highest BCUT2D eigenvalue weighted by Crippen LogP contribution is 2.36. The molecule has 0 bridgehead atoms. The van der Waals surface area contributed by atoms with Crippen LogP contribution in [0.3, 0.4) is 0 Å². The number of methoxy groups -OCH3 is 1. The van der Waals surface area contributed by atoms with Gasteiger partial charge in [0.15, 0.2) is 11.5 Å². The first-order chi connectivity index (χ1) is 16.0. The molecule has 5 rings (SSSR count). The Bertz CT molecular complexity index is 1380. The lowest BCUT2D eigenvalue weighted by molar-refractivity contribution is 0.0889. The molecule has 4 aromatic rings. The van der Waals surface area contributed by atoms with Crippen LogP contribution in [0, 0.1) is 12.7 Å². The number of para-hydroxylation sites is 2. The van der Waals surface area contributed by atoms with Gasteiger partial charge in [-0.1, -0.05) is 24.3 Å². The van der Waals surface area contributed by atoms with Gasteiger partial charge in [-0.2, -0.15) is 0 Å². The molecule has 7 heteroatoms. The summed E-state index contributed by atoms with van der Waals surface area (Å²) in [5.74, 6) is 1.84. The molecule has 0 amide bonds. The molecule has 1 aromatic heterocycles. The molecule has 1 aliphatic rings. The number of ether oxygens (including phenoxy) is 3. The van der Waals surface area contributed by atoms with Gasteiger partial charge in [0.25, 0.3) is 0 Å². The minimum absolute atomic E-state index is 0.117. The Labute approximate surface area is 189 Å². The Kier molecular flexibility index (Phi) is 5.48. The van der Waals surface area contributed by atoms with Crippen molar-refractivity contribution in [2.24, 2.45) is 0 Å². The van der Waals surface area contributed by atoms with Crippen LogP contribution in [0.5, 0.6) is 23.0 Å². The van der Waals surface area contributed by atoms with E-state index in [0.29, 0.717) is 53.8 Å². The molecule has 2 heterocycles. The fourth-order valence-electron chi connectivity index (χ4n) is 3.98. The summed E-state index contributed by atoms with van der Waals surface area (Å²) in [5.41, 5.74) is 1.98. The van der Waals surface area contributed by atoms with Crippen LogP contribution in [0.15, 0.2) is 69.9 Å². The fourth-order valence-corrected chi connectivity index (χ4v) is 3.98. The number of benzene rings is 3. The lowest BCUT2D eigenvalue weighted by Crippen LogP contribution is -2.31. The third-order valence-electron chi connectivity index (χ3n) is 5.63. The Balaban J connectivity index is 1.50. The van der Waals surface area contributed by atoms with Crippen LogP contribution in [-0.2, 0) is 13.1 Å². The van der Waals surface area contributed by atoms with E-state index in [1.54, 1.807) is 56.5 Å². The van der Waals surface area contributed by atoms with E-state index in [1.165, 1.54) is 12.1 Å². The SMILES string of the molecule is COc1ccccc1Oc1c(C)oc2c3c(ccc2c1=O)OCN(Cc1ccc(F)cc1)C3. The zero-order valence-electron chi connectivity index (χ0n) is 18.3. The molecule has 0 atom stereocenters. The van der Waals surface area contributed by atoms with Gasteiger partial charge in [0.2, 0.25) is 11.2 Å². The van der Waals surface area contributed by atoms with Crippen molar-refractivity contribution in [3.63, 3.8) is 0 Å². The number of nitrogens with zero attached hydrogens (tertiary/aromatic N) is 1. The van der Waals surface area contributed by atoms with Crippen LogP contribution in [-0.4, -0.2) is 18.7 Å². The van der Waals surface area contributed by atoms with Gasteiger partial charge in [0.1, 0.15) is 29.6 Å². The van der Waals surface area contributed by atoms with Crippen molar-refractivity contribution in [3.8, 4) is 23.0 Å². The van der Waals surface area contributed by atoms with Crippen LogP contribution in [0.4, 0.5) is 4.39 Å². The topological polar surface area (TPSA) is 61.1 Å². The maximum Gasteiger partial charge on any atom is 0.235 e. The highest BCUT2D eigenvalue weighted by atomic mass is 19.1. The van der Waals surface area contributed by atoms with Crippen LogP contribution in [0.25, 0.3) is 11.0 Å². The number of rotatable bonds is 5. The molecule has 0 saturated heterocycles. The maximum absolute atomic E-state index is 13.3. The number of halogens is 1. The van der Waals surface area contributed by atoms with E-state index in [2.05, 4.69) is 4.90 Å². The monoisotopic (exact) mass is 447 g/mol. The summed E-state index contributed by atoms with van der Waals surface area (Å²) < 4.78 is 36.5. The largest absolute Gasteiger partial charge is 0.493 e. The predicted molar refractivity (Wildman–Crippen MR) is 121 cm³/mol. The maximum atomic E-state index is 13.3. The third kappa shape index (κ3) is 4.03. The van der Waals surface area contributed by atoms with E-state index in [1.807, 2.05) is 6.07 Å². The van der Waals surface area contributed by atoms with Crippen LogP contribution >= 0.6 is 0 Å². The second kappa shape index (κ2) is 8.60. The molecule has 0 radical (unpaired) electrons. The summed E-state index contributed by atoms with van der Waals surface area (Å²) in [6, 6.07) is 17.0. The van der Waals surface area contributed by atoms with Gasteiger partial charge in [0.05, 0.1) is 18.1 Å². The summed E-state index contributed by atoms with van der Waals surface area (Å²) in [6.45, 7) is 3.19. The highest BCUT2D eigenvalue weighted by Gasteiger charge is 2.24. The molecule has 1 aliphatic heterocycles. The zero-order chi connectivity index (χ0) is 22.9.